The fourth-order valence-electron chi connectivity index (χ4n) is 3.77. The van der Waals surface area contributed by atoms with Gasteiger partial charge in [-0.3, -0.25) is 9.69 Å². The molecule has 4 rings (SSSR count). The lowest BCUT2D eigenvalue weighted by Crippen LogP contribution is -2.44. The molecule has 2 aromatic carbocycles. The van der Waals surface area contributed by atoms with E-state index in [-0.39, 0.29) is 11.9 Å². The van der Waals surface area contributed by atoms with Crippen LogP contribution in [0.3, 0.4) is 0 Å². The first kappa shape index (κ1) is 18.3. The number of nitrogens with zero attached hydrogens (tertiary/aromatic N) is 1. The summed E-state index contributed by atoms with van der Waals surface area (Å²) in [6, 6.07) is 15.6. The fourth-order valence-corrected chi connectivity index (χ4v) is 3.77. The Kier molecular flexibility index (Phi) is 5.17. The number of benzene rings is 2. The first-order valence-corrected chi connectivity index (χ1v) is 9.61. The van der Waals surface area contributed by atoms with Crippen molar-refractivity contribution in [3.05, 3.63) is 66.4 Å². The molecule has 1 unspecified atom stereocenters. The molecular formula is C23H25N3O2. The second-order valence-corrected chi connectivity index (χ2v) is 7.09. The van der Waals surface area contributed by atoms with E-state index in [2.05, 4.69) is 45.7 Å². The highest BCUT2D eigenvalue weighted by Gasteiger charge is 2.24. The van der Waals surface area contributed by atoms with Crippen LogP contribution in [0.2, 0.25) is 0 Å². The molecule has 1 amide bonds. The van der Waals surface area contributed by atoms with Crippen LogP contribution in [0.4, 0.5) is 5.69 Å². The summed E-state index contributed by atoms with van der Waals surface area (Å²) in [5.74, 6) is 0.650. The number of aromatic amines is 1. The first-order chi connectivity index (χ1) is 13.7. The van der Waals surface area contributed by atoms with Gasteiger partial charge in [-0.25, -0.2) is 0 Å². The number of hydrogen-bond donors (Lipinski definition) is 2. The van der Waals surface area contributed by atoms with E-state index in [0.717, 1.165) is 25.0 Å². The van der Waals surface area contributed by atoms with E-state index in [9.17, 15) is 4.79 Å². The number of aromatic nitrogens is 1. The Hall–Kier alpha value is -3.05. The number of ether oxygens (including phenoxy) is 1. The Bertz CT molecular complexity index is 1020. The van der Waals surface area contributed by atoms with Crippen molar-refractivity contribution in [1.29, 1.82) is 0 Å². The number of para-hydroxylation sites is 3. The number of carbonyl (C=O) groups excluding carboxylic acids is 1. The van der Waals surface area contributed by atoms with Gasteiger partial charge in [0.1, 0.15) is 5.75 Å². The minimum absolute atomic E-state index is 0.0200. The number of nitrogens with one attached hydrogen (secondary N) is 2. The molecule has 144 valence electrons. The summed E-state index contributed by atoms with van der Waals surface area (Å²) in [7, 11) is 1.61. The van der Waals surface area contributed by atoms with Crippen LogP contribution in [0.1, 0.15) is 18.9 Å². The van der Waals surface area contributed by atoms with Gasteiger partial charge in [-0.1, -0.05) is 36.4 Å². The van der Waals surface area contributed by atoms with Gasteiger partial charge < -0.3 is 15.0 Å². The lowest BCUT2D eigenvalue weighted by molar-refractivity contribution is -0.120. The topological polar surface area (TPSA) is 57.4 Å². The molecule has 0 aliphatic carbocycles. The number of hydrogen-bond acceptors (Lipinski definition) is 3. The number of anilines is 1. The molecule has 0 radical (unpaired) electrons. The molecule has 3 aromatic rings. The van der Waals surface area contributed by atoms with Gasteiger partial charge in [0.15, 0.2) is 0 Å². The zero-order chi connectivity index (χ0) is 19.5. The Balaban J connectivity index is 1.44. The molecule has 1 aliphatic rings. The van der Waals surface area contributed by atoms with Gasteiger partial charge in [-0.15, -0.1) is 0 Å². The van der Waals surface area contributed by atoms with Crippen molar-refractivity contribution < 1.29 is 9.53 Å². The van der Waals surface area contributed by atoms with Crippen molar-refractivity contribution in [2.45, 2.75) is 19.4 Å². The number of rotatable bonds is 5. The zero-order valence-electron chi connectivity index (χ0n) is 16.2. The number of H-pyrrole nitrogens is 1. The summed E-state index contributed by atoms with van der Waals surface area (Å²) in [5, 5.41) is 4.24. The molecule has 1 aliphatic heterocycles. The normalized spacial score (nSPS) is 15.9. The second kappa shape index (κ2) is 7.90. The molecule has 0 spiro atoms. The minimum atomic E-state index is -0.217. The molecule has 2 heterocycles. The van der Waals surface area contributed by atoms with Gasteiger partial charge >= 0.3 is 0 Å². The summed E-state index contributed by atoms with van der Waals surface area (Å²) in [6.45, 7) is 3.57. The fraction of sp³-hybridized carbons (Fsp3) is 0.261. The monoisotopic (exact) mass is 375 g/mol. The maximum absolute atomic E-state index is 12.7. The SMILES string of the molecule is COc1ccccc1NC(=O)C(C)N1CC=C(c2c[nH]c3ccccc23)CC1. The van der Waals surface area contributed by atoms with Gasteiger partial charge in [-0.05, 0) is 37.1 Å². The van der Waals surface area contributed by atoms with Crippen molar-refractivity contribution >= 4 is 28.1 Å². The summed E-state index contributed by atoms with van der Waals surface area (Å²) >= 11 is 0. The zero-order valence-corrected chi connectivity index (χ0v) is 16.2. The van der Waals surface area contributed by atoms with Gasteiger partial charge in [-0.2, -0.15) is 0 Å². The molecule has 0 fully saturated rings. The van der Waals surface area contributed by atoms with Crippen LogP contribution in [0.5, 0.6) is 5.75 Å². The molecule has 2 N–H and O–H groups in total. The standard InChI is InChI=1S/C23H25N3O2/c1-16(23(27)25-21-9-5-6-10-22(21)28-2)26-13-11-17(12-14-26)19-15-24-20-8-4-3-7-18(19)20/h3-11,15-16,24H,12-14H2,1-2H3,(H,25,27). The van der Waals surface area contributed by atoms with Crippen molar-refractivity contribution in [2.75, 3.05) is 25.5 Å². The highest BCUT2D eigenvalue weighted by molar-refractivity contribution is 5.96. The summed E-state index contributed by atoms with van der Waals surface area (Å²) in [4.78, 5) is 18.3. The van der Waals surface area contributed by atoms with E-state index in [0.29, 0.717) is 11.4 Å². The Morgan fingerprint density at radius 3 is 2.75 bits per heavy atom. The van der Waals surface area contributed by atoms with Gasteiger partial charge in [0.2, 0.25) is 5.91 Å². The maximum atomic E-state index is 12.7. The van der Waals surface area contributed by atoms with Crippen LogP contribution in [0, 0.1) is 0 Å². The number of methoxy groups -OCH3 is 1. The molecule has 0 saturated heterocycles. The number of carbonyl (C=O) groups is 1. The third-order valence-electron chi connectivity index (χ3n) is 5.47. The van der Waals surface area contributed by atoms with Crippen LogP contribution < -0.4 is 10.1 Å². The Morgan fingerprint density at radius 2 is 1.96 bits per heavy atom. The van der Waals surface area contributed by atoms with E-state index in [1.165, 1.54) is 16.5 Å². The Morgan fingerprint density at radius 1 is 1.18 bits per heavy atom. The smallest absolute Gasteiger partial charge is 0.241 e. The molecule has 28 heavy (non-hydrogen) atoms. The summed E-state index contributed by atoms with van der Waals surface area (Å²) < 4.78 is 5.32. The van der Waals surface area contributed by atoms with E-state index in [1.54, 1.807) is 7.11 Å². The predicted octanol–water partition coefficient (Wildman–Crippen LogP) is 4.29. The highest BCUT2D eigenvalue weighted by atomic mass is 16.5. The van der Waals surface area contributed by atoms with Crippen LogP contribution in [0.25, 0.3) is 16.5 Å². The Labute approximate surface area is 165 Å². The predicted molar refractivity (Wildman–Crippen MR) is 114 cm³/mol. The van der Waals surface area contributed by atoms with Crippen molar-refractivity contribution in [3.63, 3.8) is 0 Å². The molecule has 5 nitrogen and oxygen atoms in total. The van der Waals surface area contributed by atoms with Gasteiger partial charge in [0, 0.05) is 35.8 Å². The average molecular weight is 375 g/mol. The summed E-state index contributed by atoms with van der Waals surface area (Å²) in [5.41, 5.74) is 4.46. The lowest BCUT2D eigenvalue weighted by Gasteiger charge is -2.31. The number of amides is 1. The first-order valence-electron chi connectivity index (χ1n) is 9.61. The molecule has 0 bridgehead atoms. The molecule has 1 aromatic heterocycles. The molecular weight excluding hydrogens is 350 g/mol. The van der Waals surface area contributed by atoms with E-state index >= 15 is 0 Å². The average Bonchev–Trinajstić information content (AvgIpc) is 3.18. The second-order valence-electron chi connectivity index (χ2n) is 7.09. The van der Waals surface area contributed by atoms with E-state index in [1.807, 2.05) is 37.3 Å². The molecule has 5 heteroatoms. The van der Waals surface area contributed by atoms with Crippen LogP contribution in [0.15, 0.2) is 60.8 Å². The maximum Gasteiger partial charge on any atom is 0.241 e. The van der Waals surface area contributed by atoms with E-state index in [4.69, 9.17) is 4.74 Å². The van der Waals surface area contributed by atoms with Crippen molar-refractivity contribution in [3.8, 4) is 5.75 Å². The van der Waals surface area contributed by atoms with Crippen molar-refractivity contribution in [2.24, 2.45) is 0 Å². The molecule has 1 atom stereocenters. The summed E-state index contributed by atoms with van der Waals surface area (Å²) in [6.07, 6.45) is 5.25. The minimum Gasteiger partial charge on any atom is -0.495 e. The highest BCUT2D eigenvalue weighted by Crippen LogP contribution is 2.30. The van der Waals surface area contributed by atoms with Crippen molar-refractivity contribution in [1.82, 2.24) is 9.88 Å². The third-order valence-corrected chi connectivity index (χ3v) is 5.47. The van der Waals surface area contributed by atoms with E-state index < -0.39 is 0 Å². The van der Waals surface area contributed by atoms with Crippen LogP contribution in [-0.2, 0) is 4.79 Å². The quantitative estimate of drug-likeness (QED) is 0.699. The van der Waals surface area contributed by atoms with Crippen LogP contribution >= 0.6 is 0 Å². The number of fused-ring (bicyclic) bond motifs is 1. The van der Waals surface area contributed by atoms with Gasteiger partial charge in [0.25, 0.3) is 0 Å². The molecule has 0 saturated carbocycles. The largest absolute Gasteiger partial charge is 0.495 e. The van der Waals surface area contributed by atoms with Gasteiger partial charge in [0.05, 0.1) is 18.8 Å². The third kappa shape index (κ3) is 3.53. The van der Waals surface area contributed by atoms with Crippen LogP contribution in [-0.4, -0.2) is 42.0 Å². The lowest BCUT2D eigenvalue weighted by atomic mass is 9.98.